The molecule has 1 aliphatic heterocycles. The SMILES string of the molecule is O=C(NC[C@@H](c1cccnc1)N1CCOCC1)c1cn(C2CCCCC2)nn1. The lowest BCUT2D eigenvalue weighted by Gasteiger charge is -2.34. The Balaban J connectivity index is 1.40. The molecule has 2 aromatic heterocycles. The minimum atomic E-state index is -0.177. The molecule has 8 nitrogen and oxygen atoms in total. The second kappa shape index (κ2) is 9.25. The highest BCUT2D eigenvalue weighted by Crippen LogP contribution is 2.27. The summed E-state index contributed by atoms with van der Waals surface area (Å²) >= 11 is 0. The Kier molecular flexibility index (Phi) is 6.28. The number of pyridine rings is 1. The van der Waals surface area contributed by atoms with Gasteiger partial charge in [0.1, 0.15) is 0 Å². The van der Waals surface area contributed by atoms with Gasteiger partial charge in [0.15, 0.2) is 5.69 Å². The van der Waals surface area contributed by atoms with Crippen LogP contribution in [-0.4, -0.2) is 63.6 Å². The summed E-state index contributed by atoms with van der Waals surface area (Å²) < 4.78 is 7.35. The smallest absolute Gasteiger partial charge is 0.273 e. The average Bonchev–Trinajstić information content (AvgIpc) is 3.26. The van der Waals surface area contributed by atoms with Crippen LogP contribution in [0.5, 0.6) is 0 Å². The predicted molar refractivity (Wildman–Crippen MR) is 104 cm³/mol. The molecule has 0 spiro atoms. The van der Waals surface area contributed by atoms with Crippen LogP contribution in [-0.2, 0) is 4.74 Å². The van der Waals surface area contributed by atoms with Gasteiger partial charge in [-0.05, 0) is 24.5 Å². The number of hydrogen-bond acceptors (Lipinski definition) is 6. The molecule has 0 bridgehead atoms. The molecular weight excluding hydrogens is 356 g/mol. The van der Waals surface area contributed by atoms with Crippen molar-refractivity contribution in [2.45, 2.75) is 44.2 Å². The first kappa shape index (κ1) is 19.0. The van der Waals surface area contributed by atoms with Gasteiger partial charge in [0.25, 0.3) is 5.91 Å². The molecule has 1 atom stereocenters. The summed E-state index contributed by atoms with van der Waals surface area (Å²) in [7, 11) is 0. The fourth-order valence-corrected chi connectivity index (χ4v) is 4.10. The van der Waals surface area contributed by atoms with E-state index in [1.165, 1.54) is 19.3 Å². The number of nitrogens with zero attached hydrogens (tertiary/aromatic N) is 5. The first-order valence-corrected chi connectivity index (χ1v) is 10.2. The average molecular weight is 384 g/mol. The lowest BCUT2D eigenvalue weighted by Crippen LogP contribution is -2.43. The molecule has 0 radical (unpaired) electrons. The molecule has 8 heteroatoms. The third-order valence-electron chi connectivity index (χ3n) is 5.70. The molecule has 28 heavy (non-hydrogen) atoms. The predicted octanol–water partition coefficient (Wildman–Crippen LogP) is 1.98. The highest BCUT2D eigenvalue weighted by Gasteiger charge is 2.24. The zero-order valence-electron chi connectivity index (χ0n) is 16.2. The van der Waals surface area contributed by atoms with Crippen LogP contribution >= 0.6 is 0 Å². The molecule has 2 aliphatic rings. The number of morpholine rings is 1. The molecule has 0 unspecified atom stereocenters. The quantitative estimate of drug-likeness (QED) is 0.820. The molecule has 1 saturated carbocycles. The number of carbonyl (C=O) groups excluding carboxylic acids is 1. The van der Waals surface area contributed by atoms with Gasteiger partial charge in [0.05, 0.1) is 31.5 Å². The van der Waals surface area contributed by atoms with Crippen LogP contribution in [0.15, 0.2) is 30.7 Å². The van der Waals surface area contributed by atoms with E-state index in [1.807, 2.05) is 16.9 Å². The zero-order chi connectivity index (χ0) is 19.2. The number of hydrogen-bond donors (Lipinski definition) is 1. The van der Waals surface area contributed by atoms with Gasteiger partial charge in [0, 0.05) is 32.0 Å². The molecule has 0 aromatic carbocycles. The maximum absolute atomic E-state index is 12.7. The summed E-state index contributed by atoms with van der Waals surface area (Å²) in [6.45, 7) is 3.60. The third-order valence-corrected chi connectivity index (χ3v) is 5.70. The second-order valence-electron chi connectivity index (χ2n) is 7.54. The Morgan fingerprint density at radius 3 is 2.82 bits per heavy atom. The molecule has 4 rings (SSSR count). The van der Waals surface area contributed by atoms with Crippen LogP contribution < -0.4 is 5.32 Å². The number of rotatable bonds is 6. The van der Waals surface area contributed by atoms with Gasteiger partial charge < -0.3 is 10.1 Å². The lowest BCUT2D eigenvalue weighted by atomic mass is 9.96. The van der Waals surface area contributed by atoms with Crippen molar-refractivity contribution in [1.29, 1.82) is 0 Å². The van der Waals surface area contributed by atoms with Crippen molar-refractivity contribution in [3.05, 3.63) is 42.0 Å². The maximum Gasteiger partial charge on any atom is 0.273 e. The number of carbonyl (C=O) groups is 1. The minimum Gasteiger partial charge on any atom is -0.379 e. The van der Waals surface area contributed by atoms with Crippen LogP contribution in [0.4, 0.5) is 0 Å². The van der Waals surface area contributed by atoms with E-state index in [9.17, 15) is 4.79 Å². The molecule has 2 aromatic rings. The van der Waals surface area contributed by atoms with Crippen molar-refractivity contribution in [2.75, 3.05) is 32.8 Å². The van der Waals surface area contributed by atoms with E-state index in [0.717, 1.165) is 31.5 Å². The topological polar surface area (TPSA) is 85.2 Å². The summed E-state index contributed by atoms with van der Waals surface area (Å²) in [4.78, 5) is 19.3. The Labute approximate surface area is 165 Å². The van der Waals surface area contributed by atoms with Crippen molar-refractivity contribution in [1.82, 2.24) is 30.2 Å². The Morgan fingerprint density at radius 1 is 1.25 bits per heavy atom. The Morgan fingerprint density at radius 2 is 2.07 bits per heavy atom. The van der Waals surface area contributed by atoms with Gasteiger partial charge in [-0.2, -0.15) is 0 Å². The highest BCUT2D eigenvalue weighted by molar-refractivity contribution is 5.91. The fraction of sp³-hybridized carbons (Fsp3) is 0.600. The second-order valence-corrected chi connectivity index (χ2v) is 7.54. The van der Waals surface area contributed by atoms with E-state index in [-0.39, 0.29) is 11.9 Å². The summed E-state index contributed by atoms with van der Waals surface area (Å²) in [5.41, 5.74) is 1.48. The van der Waals surface area contributed by atoms with E-state index in [2.05, 4.69) is 31.6 Å². The molecule has 2 fully saturated rings. The van der Waals surface area contributed by atoms with E-state index in [1.54, 1.807) is 12.4 Å². The van der Waals surface area contributed by atoms with Crippen molar-refractivity contribution in [3.63, 3.8) is 0 Å². The molecule has 3 heterocycles. The van der Waals surface area contributed by atoms with E-state index < -0.39 is 0 Å². The minimum absolute atomic E-state index is 0.0648. The van der Waals surface area contributed by atoms with Crippen molar-refractivity contribution in [3.8, 4) is 0 Å². The van der Waals surface area contributed by atoms with Crippen LogP contribution in [0.1, 0.15) is 60.2 Å². The third kappa shape index (κ3) is 4.56. The molecule has 1 N–H and O–H groups in total. The van der Waals surface area contributed by atoms with Gasteiger partial charge in [-0.15, -0.1) is 5.10 Å². The van der Waals surface area contributed by atoms with Gasteiger partial charge in [-0.1, -0.05) is 30.5 Å². The normalized spacial score (nSPS) is 20.0. The molecule has 1 aliphatic carbocycles. The van der Waals surface area contributed by atoms with Crippen LogP contribution in [0.25, 0.3) is 0 Å². The number of amides is 1. The van der Waals surface area contributed by atoms with Gasteiger partial charge in [-0.25, -0.2) is 4.68 Å². The summed E-state index contributed by atoms with van der Waals surface area (Å²) in [5.74, 6) is -0.177. The van der Waals surface area contributed by atoms with Crippen LogP contribution in [0, 0.1) is 0 Å². The van der Waals surface area contributed by atoms with Crippen LogP contribution in [0.2, 0.25) is 0 Å². The first-order chi connectivity index (χ1) is 13.8. The Hall–Kier alpha value is -2.32. The number of ether oxygens (including phenoxy) is 1. The van der Waals surface area contributed by atoms with E-state index in [4.69, 9.17) is 4.74 Å². The van der Waals surface area contributed by atoms with E-state index >= 15 is 0 Å². The number of nitrogens with one attached hydrogen (secondary N) is 1. The highest BCUT2D eigenvalue weighted by atomic mass is 16.5. The molecular formula is C20H28N6O2. The van der Waals surface area contributed by atoms with Crippen molar-refractivity contribution >= 4 is 5.91 Å². The van der Waals surface area contributed by atoms with Crippen molar-refractivity contribution < 1.29 is 9.53 Å². The zero-order valence-corrected chi connectivity index (χ0v) is 16.2. The van der Waals surface area contributed by atoms with Crippen LogP contribution in [0.3, 0.4) is 0 Å². The molecule has 1 amide bonds. The Bertz CT molecular complexity index is 753. The summed E-state index contributed by atoms with van der Waals surface area (Å²) in [5, 5.41) is 11.4. The fourth-order valence-electron chi connectivity index (χ4n) is 4.10. The number of aromatic nitrogens is 4. The monoisotopic (exact) mass is 384 g/mol. The van der Waals surface area contributed by atoms with Gasteiger partial charge in [0.2, 0.25) is 0 Å². The molecule has 1 saturated heterocycles. The molecule has 150 valence electrons. The largest absolute Gasteiger partial charge is 0.379 e. The van der Waals surface area contributed by atoms with E-state index in [0.29, 0.717) is 31.5 Å². The van der Waals surface area contributed by atoms with Gasteiger partial charge >= 0.3 is 0 Å². The summed E-state index contributed by atoms with van der Waals surface area (Å²) in [6.07, 6.45) is 11.4. The maximum atomic E-state index is 12.7. The lowest BCUT2D eigenvalue weighted by molar-refractivity contribution is 0.0161. The standard InChI is InChI=1S/C20H28N6O2/c27-20(18-15-26(24-23-18)17-6-2-1-3-7-17)22-14-19(16-5-4-8-21-13-16)25-9-11-28-12-10-25/h4-5,8,13,15,17,19H,1-3,6-7,9-12,14H2,(H,22,27)/t19-/m0/s1. The first-order valence-electron chi connectivity index (χ1n) is 10.2. The summed E-state index contributed by atoms with van der Waals surface area (Å²) in [6, 6.07) is 4.42. The van der Waals surface area contributed by atoms with Gasteiger partial charge in [-0.3, -0.25) is 14.7 Å². The van der Waals surface area contributed by atoms with Crippen molar-refractivity contribution in [2.24, 2.45) is 0 Å².